The first-order chi connectivity index (χ1) is 22.8. The van der Waals surface area contributed by atoms with Crippen LogP contribution < -0.4 is 0 Å². The van der Waals surface area contributed by atoms with Gasteiger partial charge in [0.1, 0.15) is 11.4 Å². The van der Waals surface area contributed by atoms with E-state index in [4.69, 9.17) is 24.9 Å². The molecule has 214 valence electrons. The van der Waals surface area contributed by atoms with E-state index in [1.165, 1.54) is 0 Å². The van der Waals surface area contributed by atoms with E-state index in [9.17, 15) is 0 Å². The molecule has 0 aliphatic carbocycles. The Morgan fingerprint density at radius 1 is 0.283 bits per heavy atom. The molecule has 6 heterocycles. The van der Waals surface area contributed by atoms with Crippen molar-refractivity contribution in [3.05, 3.63) is 134 Å². The summed E-state index contributed by atoms with van der Waals surface area (Å²) < 4.78 is 0. The molecule has 0 amide bonds. The zero-order valence-corrected chi connectivity index (χ0v) is 24.3. The van der Waals surface area contributed by atoms with Crippen molar-refractivity contribution in [3.8, 4) is 45.7 Å². The van der Waals surface area contributed by atoms with E-state index in [-0.39, 0.29) is 0 Å². The molecule has 0 spiro atoms. The van der Waals surface area contributed by atoms with E-state index in [0.29, 0.717) is 28.9 Å². The van der Waals surface area contributed by atoms with Crippen LogP contribution in [-0.4, -0.2) is 39.9 Å². The topological polar surface area (TPSA) is 103 Å². The minimum absolute atomic E-state index is 0.446. The number of hydrogen-bond acceptors (Lipinski definition) is 8. The number of nitrogens with zero attached hydrogens (tertiary/aromatic N) is 8. The van der Waals surface area contributed by atoms with Gasteiger partial charge in [0.15, 0.2) is 17.5 Å². The van der Waals surface area contributed by atoms with Crippen molar-refractivity contribution in [1.29, 1.82) is 0 Å². The van der Waals surface area contributed by atoms with E-state index in [2.05, 4.69) is 39.2 Å². The zero-order valence-electron chi connectivity index (χ0n) is 24.3. The molecule has 0 aliphatic heterocycles. The van der Waals surface area contributed by atoms with Crippen molar-refractivity contribution in [1.82, 2.24) is 39.9 Å². The van der Waals surface area contributed by atoms with Gasteiger partial charge in [0, 0.05) is 51.3 Å². The summed E-state index contributed by atoms with van der Waals surface area (Å²) in [6.07, 6.45) is 5.36. The molecule has 0 saturated carbocycles. The standard InChI is InChI=1S/C38H22N8/c1-2-20-39-29(7-1)23-8-14-28(15-9-23)36-44-37(30-18-16-26-12-10-24-5-3-21-40-32(24)34(26)42-30)46-38(45-36)31-19-17-27-13-11-25-6-4-22-41-33(25)35(27)43-31/h1-22H. The lowest BCUT2D eigenvalue weighted by Gasteiger charge is -2.10. The normalized spacial score (nSPS) is 11.5. The fourth-order valence-electron chi connectivity index (χ4n) is 5.75. The fraction of sp³-hybridized carbons (Fsp3) is 0. The lowest BCUT2D eigenvalue weighted by molar-refractivity contribution is 1.05. The van der Waals surface area contributed by atoms with Gasteiger partial charge in [-0.15, -0.1) is 0 Å². The van der Waals surface area contributed by atoms with Gasteiger partial charge >= 0.3 is 0 Å². The molecule has 8 heteroatoms. The molecule has 0 atom stereocenters. The molecule has 0 saturated heterocycles. The predicted molar refractivity (Wildman–Crippen MR) is 181 cm³/mol. The molecule has 0 bridgehead atoms. The number of pyridine rings is 5. The summed E-state index contributed by atoms with van der Waals surface area (Å²) in [6, 6.07) is 38.0. The third-order valence-corrected chi connectivity index (χ3v) is 8.06. The first kappa shape index (κ1) is 25.9. The molecule has 9 rings (SSSR count). The molecule has 3 aromatic carbocycles. The number of rotatable bonds is 4. The van der Waals surface area contributed by atoms with Gasteiger partial charge in [-0.05, 0) is 36.4 Å². The SMILES string of the molecule is c1ccc(-c2ccc(-c3nc(-c4ccc5ccc6cccnc6c5n4)nc(-c4ccc5ccc6cccnc6c5n4)n3)cc2)nc1. The number of aromatic nitrogens is 8. The molecule has 46 heavy (non-hydrogen) atoms. The monoisotopic (exact) mass is 590 g/mol. The van der Waals surface area contributed by atoms with Gasteiger partial charge in [-0.2, -0.15) is 0 Å². The number of benzene rings is 3. The molecular formula is C38H22N8. The van der Waals surface area contributed by atoms with E-state index in [0.717, 1.165) is 60.4 Å². The van der Waals surface area contributed by atoms with Gasteiger partial charge in [-0.25, -0.2) is 24.9 Å². The van der Waals surface area contributed by atoms with Gasteiger partial charge in [-0.3, -0.25) is 15.0 Å². The smallest absolute Gasteiger partial charge is 0.182 e. The minimum Gasteiger partial charge on any atom is -0.256 e. The average Bonchev–Trinajstić information content (AvgIpc) is 3.14. The summed E-state index contributed by atoms with van der Waals surface area (Å²) in [5, 5.41) is 4.02. The highest BCUT2D eigenvalue weighted by atomic mass is 15.1. The Kier molecular flexibility index (Phi) is 5.95. The Bertz CT molecular complexity index is 2450. The van der Waals surface area contributed by atoms with Crippen molar-refractivity contribution < 1.29 is 0 Å². The van der Waals surface area contributed by atoms with Crippen molar-refractivity contribution in [2.45, 2.75) is 0 Å². The van der Waals surface area contributed by atoms with Crippen LogP contribution in [-0.2, 0) is 0 Å². The van der Waals surface area contributed by atoms with Gasteiger partial charge in [-0.1, -0.05) is 78.9 Å². The highest BCUT2D eigenvalue weighted by Gasteiger charge is 2.16. The van der Waals surface area contributed by atoms with Crippen LogP contribution in [0.15, 0.2) is 134 Å². The van der Waals surface area contributed by atoms with Gasteiger partial charge in [0.05, 0.1) is 27.8 Å². The van der Waals surface area contributed by atoms with Crippen LogP contribution >= 0.6 is 0 Å². The molecule has 0 radical (unpaired) electrons. The van der Waals surface area contributed by atoms with Crippen molar-refractivity contribution in [2.24, 2.45) is 0 Å². The Labute approximate surface area is 262 Å². The first-order valence-corrected chi connectivity index (χ1v) is 14.8. The maximum Gasteiger partial charge on any atom is 0.182 e. The molecule has 0 fully saturated rings. The van der Waals surface area contributed by atoms with Crippen LogP contribution in [0, 0.1) is 0 Å². The molecule has 8 nitrogen and oxygen atoms in total. The second-order valence-electron chi connectivity index (χ2n) is 10.9. The fourth-order valence-corrected chi connectivity index (χ4v) is 5.75. The van der Waals surface area contributed by atoms with Crippen LogP contribution in [0.1, 0.15) is 0 Å². The Morgan fingerprint density at radius 2 is 0.761 bits per heavy atom. The number of hydrogen-bond donors (Lipinski definition) is 0. The summed E-state index contributed by atoms with van der Waals surface area (Å²) in [6.45, 7) is 0. The molecule has 9 aromatic rings. The lowest BCUT2D eigenvalue weighted by Crippen LogP contribution is -2.02. The summed E-state index contributed by atoms with van der Waals surface area (Å²) in [7, 11) is 0. The molecule has 0 aliphatic rings. The van der Waals surface area contributed by atoms with Crippen molar-refractivity contribution in [2.75, 3.05) is 0 Å². The summed E-state index contributed by atoms with van der Waals surface area (Å²) in [5.41, 5.74) is 7.22. The van der Waals surface area contributed by atoms with Crippen molar-refractivity contribution in [3.63, 3.8) is 0 Å². The average molecular weight is 591 g/mol. The van der Waals surface area contributed by atoms with Gasteiger partial charge in [0.2, 0.25) is 0 Å². The van der Waals surface area contributed by atoms with Crippen molar-refractivity contribution >= 4 is 43.6 Å². The zero-order chi connectivity index (χ0) is 30.5. The minimum atomic E-state index is 0.446. The van der Waals surface area contributed by atoms with E-state index in [1.807, 2.05) is 91.0 Å². The summed E-state index contributed by atoms with van der Waals surface area (Å²) in [5.74, 6) is 1.41. The predicted octanol–water partition coefficient (Wildman–Crippen LogP) is 8.13. The van der Waals surface area contributed by atoms with Gasteiger partial charge < -0.3 is 0 Å². The Balaban J connectivity index is 1.24. The van der Waals surface area contributed by atoms with E-state index < -0.39 is 0 Å². The quantitative estimate of drug-likeness (QED) is 0.189. The first-order valence-electron chi connectivity index (χ1n) is 14.8. The third-order valence-electron chi connectivity index (χ3n) is 8.06. The largest absolute Gasteiger partial charge is 0.256 e. The summed E-state index contributed by atoms with van der Waals surface area (Å²) in [4.78, 5) is 38.6. The molecular weight excluding hydrogens is 568 g/mol. The van der Waals surface area contributed by atoms with Crippen LogP contribution in [0.25, 0.3) is 89.3 Å². The Morgan fingerprint density at radius 3 is 1.30 bits per heavy atom. The highest BCUT2D eigenvalue weighted by molar-refractivity contribution is 6.04. The van der Waals surface area contributed by atoms with Crippen LogP contribution in [0.4, 0.5) is 0 Å². The highest BCUT2D eigenvalue weighted by Crippen LogP contribution is 2.30. The van der Waals surface area contributed by atoms with E-state index in [1.54, 1.807) is 18.6 Å². The number of fused-ring (bicyclic) bond motifs is 6. The van der Waals surface area contributed by atoms with Crippen LogP contribution in [0.3, 0.4) is 0 Å². The maximum atomic E-state index is 5.03. The lowest BCUT2D eigenvalue weighted by atomic mass is 10.1. The van der Waals surface area contributed by atoms with Crippen LogP contribution in [0.5, 0.6) is 0 Å². The maximum absolute atomic E-state index is 5.03. The van der Waals surface area contributed by atoms with E-state index >= 15 is 0 Å². The Hall–Kier alpha value is -6.54. The molecule has 0 N–H and O–H groups in total. The second-order valence-corrected chi connectivity index (χ2v) is 10.9. The molecule has 6 aromatic heterocycles. The third kappa shape index (κ3) is 4.48. The van der Waals surface area contributed by atoms with Crippen LogP contribution in [0.2, 0.25) is 0 Å². The van der Waals surface area contributed by atoms with Gasteiger partial charge in [0.25, 0.3) is 0 Å². The molecule has 0 unspecified atom stereocenters. The summed E-state index contributed by atoms with van der Waals surface area (Å²) >= 11 is 0. The second kappa shape index (κ2) is 10.6.